The highest BCUT2D eigenvalue weighted by atomic mass is 35.5. The molecule has 0 spiro atoms. The first-order valence-electron chi connectivity index (χ1n) is 8.60. The van der Waals surface area contributed by atoms with Crippen LogP contribution in [0.1, 0.15) is 5.56 Å². The Bertz CT molecular complexity index is 992. The molecule has 1 aromatic carbocycles. The first kappa shape index (κ1) is 18.5. The maximum absolute atomic E-state index is 13.1. The third-order valence-corrected chi connectivity index (χ3v) is 5.34. The molecule has 0 saturated carbocycles. The van der Waals surface area contributed by atoms with E-state index in [1.807, 2.05) is 12.1 Å². The molecular weight excluding hydrogens is 379 g/mol. The molecule has 3 heterocycles. The molecule has 9 heteroatoms. The van der Waals surface area contributed by atoms with E-state index in [1.165, 1.54) is 6.33 Å². The number of benzene rings is 1. The van der Waals surface area contributed by atoms with Crippen molar-refractivity contribution in [2.24, 2.45) is 0 Å². The molecule has 0 aliphatic carbocycles. The van der Waals surface area contributed by atoms with Crippen molar-refractivity contribution in [3.8, 4) is 0 Å². The Kier molecular flexibility index (Phi) is 4.52. The zero-order chi connectivity index (χ0) is 19.3. The predicted octanol–water partition coefficient (Wildman–Crippen LogP) is 3.55. The van der Waals surface area contributed by atoms with Gasteiger partial charge in [-0.05, 0) is 31.8 Å². The predicted molar refractivity (Wildman–Crippen MR) is 98.9 cm³/mol. The summed E-state index contributed by atoms with van der Waals surface area (Å²) in [4.78, 5) is 12.6. The number of alkyl halides is 3. The minimum atomic E-state index is -4.37. The van der Waals surface area contributed by atoms with E-state index in [0.717, 1.165) is 29.8 Å². The number of aromatic nitrogens is 3. The molecule has 0 bridgehead atoms. The molecule has 0 atom stereocenters. The fraction of sp³-hybridized carbons (Fsp3) is 0.444. The van der Waals surface area contributed by atoms with Gasteiger partial charge in [0.15, 0.2) is 5.15 Å². The zero-order valence-corrected chi connectivity index (χ0v) is 15.7. The van der Waals surface area contributed by atoms with E-state index >= 15 is 0 Å². The van der Waals surface area contributed by atoms with E-state index in [0.29, 0.717) is 22.5 Å². The van der Waals surface area contributed by atoms with Gasteiger partial charge >= 0.3 is 6.18 Å². The van der Waals surface area contributed by atoms with Crippen LogP contribution in [0.15, 0.2) is 24.5 Å². The molecule has 144 valence electrons. The van der Waals surface area contributed by atoms with Gasteiger partial charge in [0.2, 0.25) is 0 Å². The monoisotopic (exact) mass is 397 g/mol. The number of halogens is 4. The number of hydrogen-bond donors (Lipinski definition) is 0. The number of nitrogens with zero attached hydrogens (tertiary/aromatic N) is 5. The van der Waals surface area contributed by atoms with Gasteiger partial charge in [0.25, 0.3) is 0 Å². The van der Waals surface area contributed by atoms with Crippen LogP contribution in [0.2, 0.25) is 5.15 Å². The van der Waals surface area contributed by atoms with Crippen molar-refractivity contribution < 1.29 is 13.2 Å². The summed E-state index contributed by atoms with van der Waals surface area (Å²) in [5.74, 6) is 0. The second-order valence-electron chi connectivity index (χ2n) is 7.23. The number of likely N-dealkylation sites (tertiary alicyclic amines) is 1. The van der Waals surface area contributed by atoms with Crippen LogP contribution >= 0.6 is 11.6 Å². The van der Waals surface area contributed by atoms with Crippen molar-refractivity contribution in [2.45, 2.75) is 25.3 Å². The highest BCUT2D eigenvalue weighted by Gasteiger charge is 2.31. The molecule has 4 rings (SSSR count). The summed E-state index contributed by atoms with van der Waals surface area (Å²) in [6.45, 7) is 1.59. The summed E-state index contributed by atoms with van der Waals surface area (Å²) in [6.07, 6.45) is -3.08. The van der Waals surface area contributed by atoms with Crippen LogP contribution in [0.25, 0.3) is 21.9 Å². The van der Waals surface area contributed by atoms with Gasteiger partial charge in [-0.1, -0.05) is 17.7 Å². The Balaban J connectivity index is 1.73. The molecular formula is C18H19ClF3N5. The average molecular weight is 398 g/mol. The largest absolute Gasteiger partial charge is 0.406 e. The van der Waals surface area contributed by atoms with Crippen molar-refractivity contribution in [1.82, 2.24) is 24.3 Å². The Hall–Kier alpha value is -1.90. The average Bonchev–Trinajstić information content (AvgIpc) is 2.83. The van der Waals surface area contributed by atoms with E-state index in [4.69, 9.17) is 11.6 Å². The minimum Gasteiger partial charge on any atom is -0.327 e. The summed E-state index contributed by atoms with van der Waals surface area (Å²) < 4.78 is 40.4. The third kappa shape index (κ3) is 3.49. The smallest absolute Gasteiger partial charge is 0.327 e. The van der Waals surface area contributed by atoms with Crippen LogP contribution in [-0.2, 0) is 13.1 Å². The SMILES string of the molecule is CN(C)C1CN(Cc2ccc3c(c2)c2ncnc(Cl)c2n3CC(F)(F)F)C1. The van der Waals surface area contributed by atoms with E-state index in [-0.39, 0.29) is 10.7 Å². The van der Waals surface area contributed by atoms with E-state index in [1.54, 1.807) is 6.07 Å². The number of likely N-dealkylation sites (N-methyl/N-ethyl adjacent to an activating group) is 1. The second-order valence-corrected chi connectivity index (χ2v) is 7.58. The lowest BCUT2D eigenvalue weighted by atomic mass is 10.1. The maximum atomic E-state index is 13.1. The first-order valence-corrected chi connectivity index (χ1v) is 8.97. The van der Waals surface area contributed by atoms with Gasteiger partial charge in [-0.3, -0.25) is 4.90 Å². The van der Waals surface area contributed by atoms with Crippen molar-refractivity contribution in [1.29, 1.82) is 0 Å². The number of hydrogen-bond acceptors (Lipinski definition) is 4. The fourth-order valence-corrected chi connectivity index (χ4v) is 3.86. The van der Waals surface area contributed by atoms with Crippen LogP contribution < -0.4 is 0 Å². The van der Waals surface area contributed by atoms with Gasteiger partial charge in [-0.15, -0.1) is 0 Å². The fourth-order valence-electron chi connectivity index (χ4n) is 3.62. The van der Waals surface area contributed by atoms with E-state index in [9.17, 15) is 13.2 Å². The minimum absolute atomic E-state index is 0.0265. The van der Waals surface area contributed by atoms with Crippen molar-refractivity contribution in [3.63, 3.8) is 0 Å². The molecule has 0 radical (unpaired) electrons. The van der Waals surface area contributed by atoms with Crippen molar-refractivity contribution in [3.05, 3.63) is 35.2 Å². The molecule has 5 nitrogen and oxygen atoms in total. The van der Waals surface area contributed by atoms with Gasteiger partial charge in [0.05, 0.1) is 5.52 Å². The normalized spacial score (nSPS) is 16.6. The van der Waals surface area contributed by atoms with Gasteiger partial charge in [0.1, 0.15) is 23.9 Å². The summed E-state index contributed by atoms with van der Waals surface area (Å²) >= 11 is 6.11. The van der Waals surface area contributed by atoms with E-state index in [2.05, 4.69) is 33.9 Å². The topological polar surface area (TPSA) is 37.2 Å². The Morgan fingerprint density at radius 1 is 1.22 bits per heavy atom. The van der Waals surface area contributed by atoms with Gasteiger partial charge < -0.3 is 9.47 Å². The first-order chi connectivity index (χ1) is 12.7. The molecule has 1 aliphatic rings. The summed E-state index contributed by atoms with van der Waals surface area (Å²) in [5.41, 5.74) is 2.18. The third-order valence-electron chi connectivity index (χ3n) is 5.07. The number of fused-ring (bicyclic) bond motifs is 3. The standard InChI is InChI=1S/C18H19ClF3N5/c1-25(2)12-7-26(8-12)6-11-3-4-14-13(5-11)15-16(17(19)24-10-23-15)27(14)9-18(20,21)22/h3-5,10,12H,6-9H2,1-2H3. The Morgan fingerprint density at radius 2 is 1.96 bits per heavy atom. The van der Waals surface area contributed by atoms with Crippen LogP contribution in [0.3, 0.4) is 0 Å². The lowest BCUT2D eigenvalue weighted by Gasteiger charge is -2.42. The lowest BCUT2D eigenvalue weighted by molar-refractivity contribution is -0.139. The molecule has 2 aromatic heterocycles. The molecule has 0 amide bonds. The van der Waals surface area contributed by atoms with E-state index < -0.39 is 12.7 Å². The van der Waals surface area contributed by atoms with Gasteiger partial charge in [-0.2, -0.15) is 13.2 Å². The molecule has 27 heavy (non-hydrogen) atoms. The summed E-state index contributed by atoms with van der Waals surface area (Å²) in [5, 5.41) is 0.694. The molecule has 0 N–H and O–H groups in total. The summed E-state index contributed by atoms with van der Waals surface area (Å²) in [6, 6.07) is 6.06. The van der Waals surface area contributed by atoms with Crippen LogP contribution in [0.5, 0.6) is 0 Å². The van der Waals surface area contributed by atoms with Crippen molar-refractivity contribution in [2.75, 3.05) is 27.2 Å². The maximum Gasteiger partial charge on any atom is 0.406 e. The summed E-state index contributed by atoms with van der Waals surface area (Å²) in [7, 11) is 4.13. The molecule has 0 unspecified atom stereocenters. The Labute approximate surface area is 159 Å². The lowest BCUT2D eigenvalue weighted by Crippen LogP contribution is -2.56. The van der Waals surface area contributed by atoms with Crippen LogP contribution in [-0.4, -0.2) is 63.7 Å². The quantitative estimate of drug-likeness (QED) is 0.631. The molecule has 1 aliphatic heterocycles. The van der Waals surface area contributed by atoms with Crippen LogP contribution in [0.4, 0.5) is 13.2 Å². The highest BCUT2D eigenvalue weighted by molar-refractivity contribution is 6.34. The van der Waals surface area contributed by atoms with Crippen LogP contribution in [0, 0.1) is 0 Å². The second kappa shape index (κ2) is 6.61. The molecule has 1 fully saturated rings. The number of rotatable bonds is 4. The Morgan fingerprint density at radius 3 is 2.63 bits per heavy atom. The molecule has 1 saturated heterocycles. The van der Waals surface area contributed by atoms with Gasteiger partial charge in [0, 0.05) is 31.1 Å². The molecule has 3 aromatic rings. The highest BCUT2D eigenvalue weighted by Crippen LogP contribution is 2.34. The zero-order valence-electron chi connectivity index (χ0n) is 15.0. The van der Waals surface area contributed by atoms with Gasteiger partial charge in [-0.25, -0.2) is 9.97 Å². The van der Waals surface area contributed by atoms with Crippen molar-refractivity contribution >= 4 is 33.5 Å².